The van der Waals surface area contributed by atoms with Crippen LogP contribution in [0.3, 0.4) is 0 Å². The molecule has 1 aliphatic rings. The molecular formula is C18H13ClN2O6. The fraction of sp³-hybridized carbons (Fsp3) is 0.167. The van der Waals surface area contributed by atoms with Crippen LogP contribution in [0.4, 0.5) is 5.69 Å². The fourth-order valence-electron chi connectivity index (χ4n) is 2.69. The molecule has 0 fully saturated rings. The molecule has 0 saturated carbocycles. The standard InChI is InChI=1S/C18H13ClN2O6/c19-12-6-4-11(5-7-12)10-27-15(22)8-9-20-17(23)13-2-1-3-14(21(25)26)16(13)18(20)24/h1-7H,8-10H2. The normalized spacial score (nSPS) is 12.9. The highest BCUT2D eigenvalue weighted by Crippen LogP contribution is 2.30. The fourth-order valence-corrected chi connectivity index (χ4v) is 2.82. The summed E-state index contributed by atoms with van der Waals surface area (Å²) in [5.41, 5.74) is 0.0218. The van der Waals surface area contributed by atoms with Crippen molar-refractivity contribution in [3.05, 3.63) is 74.3 Å². The number of halogens is 1. The van der Waals surface area contributed by atoms with Gasteiger partial charge in [0.1, 0.15) is 12.2 Å². The van der Waals surface area contributed by atoms with Gasteiger partial charge in [0.25, 0.3) is 17.5 Å². The van der Waals surface area contributed by atoms with Gasteiger partial charge in [-0.05, 0) is 23.8 Å². The molecule has 1 aliphatic heterocycles. The Hall–Kier alpha value is -3.26. The number of nitro benzene ring substituents is 1. The summed E-state index contributed by atoms with van der Waals surface area (Å²) in [6, 6.07) is 10.6. The Morgan fingerprint density at radius 3 is 2.48 bits per heavy atom. The van der Waals surface area contributed by atoms with Crippen LogP contribution in [0.1, 0.15) is 32.7 Å². The quantitative estimate of drug-likeness (QED) is 0.326. The second-order valence-electron chi connectivity index (χ2n) is 5.76. The number of hydrogen-bond acceptors (Lipinski definition) is 6. The molecule has 0 saturated heterocycles. The highest BCUT2D eigenvalue weighted by molar-refractivity contribution is 6.30. The summed E-state index contributed by atoms with van der Waals surface area (Å²) in [6.07, 6.45) is -0.215. The van der Waals surface area contributed by atoms with E-state index in [0.717, 1.165) is 16.5 Å². The number of imide groups is 1. The maximum Gasteiger partial charge on any atom is 0.307 e. The van der Waals surface area contributed by atoms with Crippen LogP contribution in [-0.2, 0) is 16.1 Å². The van der Waals surface area contributed by atoms with E-state index in [1.54, 1.807) is 24.3 Å². The van der Waals surface area contributed by atoms with E-state index in [4.69, 9.17) is 16.3 Å². The van der Waals surface area contributed by atoms with Gasteiger partial charge in [0.2, 0.25) is 0 Å². The molecule has 0 aliphatic carbocycles. The summed E-state index contributed by atoms with van der Waals surface area (Å²) in [5, 5.41) is 11.6. The van der Waals surface area contributed by atoms with Crippen molar-refractivity contribution in [1.82, 2.24) is 4.90 Å². The number of esters is 1. The first-order valence-electron chi connectivity index (χ1n) is 7.92. The smallest absolute Gasteiger partial charge is 0.307 e. The van der Waals surface area contributed by atoms with Crippen LogP contribution in [0, 0.1) is 10.1 Å². The summed E-state index contributed by atoms with van der Waals surface area (Å²) >= 11 is 5.77. The number of amides is 2. The third-order valence-corrected chi connectivity index (χ3v) is 4.28. The van der Waals surface area contributed by atoms with Crippen molar-refractivity contribution in [2.75, 3.05) is 6.54 Å². The number of ether oxygens (including phenoxy) is 1. The van der Waals surface area contributed by atoms with Crippen LogP contribution in [0.15, 0.2) is 42.5 Å². The monoisotopic (exact) mass is 388 g/mol. The Morgan fingerprint density at radius 2 is 1.81 bits per heavy atom. The van der Waals surface area contributed by atoms with Gasteiger partial charge in [-0.15, -0.1) is 0 Å². The summed E-state index contributed by atoms with van der Waals surface area (Å²) in [7, 11) is 0. The van der Waals surface area contributed by atoms with Crippen LogP contribution in [-0.4, -0.2) is 34.2 Å². The minimum Gasteiger partial charge on any atom is -0.461 e. The first-order valence-corrected chi connectivity index (χ1v) is 8.30. The number of hydrogen-bond donors (Lipinski definition) is 0. The molecule has 2 amide bonds. The molecule has 0 N–H and O–H groups in total. The van der Waals surface area contributed by atoms with Crippen LogP contribution >= 0.6 is 11.6 Å². The molecule has 3 rings (SSSR count). The number of nitro groups is 1. The number of benzene rings is 2. The minimum atomic E-state index is -0.784. The van der Waals surface area contributed by atoms with E-state index in [-0.39, 0.29) is 30.7 Å². The zero-order valence-electron chi connectivity index (χ0n) is 13.9. The Kier molecular flexibility index (Phi) is 5.18. The molecule has 1 heterocycles. The molecule has 2 aromatic rings. The van der Waals surface area contributed by atoms with Gasteiger partial charge in [-0.3, -0.25) is 29.4 Å². The second-order valence-corrected chi connectivity index (χ2v) is 6.19. The van der Waals surface area contributed by atoms with Crippen molar-refractivity contribution in [2.24, 2.45) is 0 Å². The molecule has 8 nitrogen and oxygen atoms in total. The molecule has 0 aromatic heterocycles. The van der Waals surface area contributed by atoms with E-state index < -0.39 is 28.4 Å². The van der Waals surface area contributed by atoms with Gasteiger partial charge >= 0.3 is 5.97 Å². The SMILES string of the molecule is O=C(CCN1C(=O)c2cccc([N+](=O)[O-])c2C1=O)OCc1ccc(Cl)cc1. The van der Waals surface area contributed by atoms with Gasteiger partial charge in [0.15, 0.2) is 0 Å². The second kappa shape index (κ2) is 7.55. The number of nitrogens with zero attached hydrogens (tertiary/aromatic N) is 2. The molecule has 0 radical (unpaired) electrons. The van der Waals surface area contributed by atoms with E-state index in [9.17, 15) is 24.5 Å². The average molecular weight is 389 g/mol. The van der Waals surface area contributed by atoms with Gasteiger partial charge in [0, 0.05) is 17.6 Å². The van der Waals surface area contributed by atoms with Gasteiger partial charge in [-0.2, -0.15) is 0 Å². The molecule has 0 atom stereocenters. The Bertz CT molecular complexity index is 941. The average Bonchev–Trinajstić information content (AvgIpc) is 2.90. The summed E-state index contributed by atoms with van der Waals surface area (Å²) in [4.78, 5) is 47.8. The number of carbonyl (C=O) groups excluding carboxylic acids is 3. The van der Waals surface area contributed by atoms with Crippen molar-refractivity contribution in [1.29, 1.82) is 0 Å². The van der Waals surface area contributed by atoms with Gasteiger partial charge in [-0.1, -0.05) is 29.8 Å². The largest absolute Gasteiger partial charge is 0.461 e. The van der Waals surface area contributed by atoms with Crippen molar-refractivity contribution in [3.63, 3.8) is 0 Å². The number of fused-ring (bicyclic) bond motifs is 1. The van der Waals surface area contributed by atoms with Crippen molar-refractivity contribution in [3.8, 4) is 0 Å². The predicted octanol–water partition coefficient (Wildman–Crippen LogP) is 2.98. The Morgan fingerprint density at radius 1 is 1.11 bits per heavy atom. The van der Waals surface area contributed by atoms with E-state index in [0.29, 0.717) is 5.02 Å². The molecule has 2 aromatic carbocycles. The maximum atomic E-state index is 12.4. The van der Waals surface area contributed by atoms with Gasteiger partial charge < -0.3 is 4.74 Å². The molecule has 138 valence electrons. The first-order chi connectivity index (χ1) is 12.9. The molecule has 9 heteroatoms. The van der Waals surface area contributed by atoms with Crippen LogP contribution in [0.25, 0.3) is 0 Å². The van der Waals surface area contributed by atoms with Gasteiger partial charge in [-0.25, -0.2) is 0 Å². The lowest BCUT2D eigenvalue weighted by Gasteiger charge is -2.13. The molecule has 0 bridgehead atoms. The summed E-state index contributed by atoms with van der Waals surface area (Å²) < 4.78 is 5.10. The number of rotatable bonds is 6. The number of carbonyl (C=O) groups is 3. The maximum absolute atomic E-state index is 12.4. The highest BCUT2D eigenvalue weighted by atomic mass is 35.5. The van der Waals surface area contributed by atoms with Crippen molar-refractivity contribution >= 4 is 35.1 Å². The van der Waals surface area contributed by atoms with E-state index >= 15 is 0 Å². The molecular weight excluding hydrogens is 376 g/mol. The lowest BCUT2D eigenvalue weighted by Crippen LogP contribution is -2.32. The van der Waals surface area contributed by atoms with E-state index in [2.05, 4.69) is 0 Å². The van der Waals surface area contributed by atoms with Crippen molar-refractivity contribution < 1.29 is 24.0 Å². The van der Waals surface area contributed by atoms with E-state index in [1.807, 2.05) is 0 Å². The van der Waals surface area contributed by atoms with Crippen LogP contribution in [0.2, 0.25) is 5.02 Å². The summed E-state index contributed by atoms with van der Waals surface area (Å²) in [5.74, 6) is -2.05. The summed E-state index contributed by atoms with van der Waals surface area (Å²) in [6.45, 7) is -0.188. The highest BCUT2D eigenvalue weighted by Gasteiger charge is 2.40. The minimum absolute atomic E-state index is 0.0313. The lowest BCUT2D eigenvalue weighted by atomic mass is 10.1. The third-order valence-electron chi connectivity index (χ3n) is 4.03. The topological polar surface area (TPSA) is 107 Å². The van der Waals surface area contributed by atoms with E-state index in [1.165, 1.54) is 12.1 Å². The van der Waals surface area contributed by atoms with Crippen LogP contribution in [0.5, 0.6) is 0 Å². The van der Waals surface area contributed by atoms with Gasteiger partial charge in [0.05, 0.1) is 16.9 Å². The molecule has 27 heavy (non-hydrogen) atoms. The lowest BCUT2D eigenvalue weighted by molar-refractivity contribution is -0.385. The molecule has 0 unspecified atom stereocenters. The first kappa shape index (κ1) is 18.5. The van der Waals surface area contributed by atoms with Crippen LogP contribution < -0.4 is 0 Å². The zero-order valence-corrected chi connectivity index (χ0v) is 14.6. The Labute approximate surface area is 158 Å². The zero-order chi connectivity index (χ0) is 19.6. The third kappa shape index (κ3) is 3.80. The van der Waals surface area contributed by atoms with Crippen molar-refractivity contribution in [2.45, 2.75) is 13.0 Å². The predicted molar refractivity (Wildman–Crippen MR) is 94.3 cm³/mol. The molecule has 0 spiro atoms. The Balaban J connectivity index is 1.61.